The van der Waals surface area contributed by atoms with Gasteiger partial charge < -0.3 is 19.9 Å². The fourth-order valence-electron chi connectivity index (χ4n) is 3.75. The summed E-state index contributed by atoms with van der Waals surface area (Å²) >= 11 is 0. The Balaban J connectivity index is 1.57. The zero-order chi connectivity index (χ0) is 20.7. The number of nitrogens with zero attached hydrogens (tertiary/aromatic N) is 2. The summed E-state index contributed by atoms with van der Waals surface area (Å²) < 4.78 is 31.6. The number of aromatic nitrogens is 1. The topological polar surface area (TPSA) is 84.7 Å². The maximum Gasteiger partial charge on any atom is 0.191 e. The van der Waals surface area contributed by atoms with Crippen molar-refractivity contribution in [3.05, 3.63) is 36.5 Å². The Morgan fingerprint density at radius 3 is 2.69 bits per heavy atom. The Bertz CT molecular complexity index is 930. The molecule has 29 heavy (non-hydrogen) atoms. The van der Waals surface area contributed by atoms with E-state index >= 15 is 0 Å². The molecule has 1 aliphatic rings. The molecule has 7 nitrogen and oxygen atoms in total. The van der Waals surface area contributed by atoms with Crippen LogP contribution >= 0.6 is 0 Å². The smallest absolute Gasteiger partial charge is 0.191 e. The van der Waals surface area contributed by atoms with E-state index in [4.69, 9.17) is 4.74 Å². The molecule has 0 radical (unpaired) electrons. The predicted molar refractivity (Wildman–Crippen MR) is 118 cm³/mol. The van der Waals surface area contributed by atoms with Gasteiger partial charge in [-0.1, -0.05) is 18.2 Å². The molecule has 0 saturated carbocycles. The fourth-order valence-corrected chi connectivity index (χ4v) is 4.95. The Morgan fingerprint density at radius 1 is 1.21 bits per heavy atom. The van der Waals surface area contributed by atoms with Gasteiger partial charge in [0.25, 0.3) is 0 Å². The average Bonchev–Trinajstić information content (AvgIpc) is 3.12. The molecule has 8 heteroatoms. The lowest BCUT2D eigenvalue weighted by Gasteiger charge is -2.34. The lowest BCUT2D eigenvalue weighted by molar-refractivity contribution is 0.0768. The molecule has 1 saturated heterocycles. The summed E-state index contributed by atoms with van der Waals surface area (Å²) in [6.45, 7) is 5.59. The van der Waals surface area contributed by atoms with Gasteiger partial charge in [0, 0.05) is 50.8 Å². The molecule has 0 bridgehead atoms. The van der Waals surface area contributed by atoms with E-state index in [1.165, 1.54) is 17.2 Å². The van der Waals surface area contributed by atoms with E-state index in [0.29, 0.717) is 32.0 Å². The van der Waals surface area contributed by atoms with Gasteiger partial charge in [-0.2, -0.15) is 0 Å². The van der Waals surface area contributed by atoms with Crippen LogP contribution in [-0.2, 0) is 21.1 Å². The van der Waals surface area contributed by atoms with Crippen molar-refractivity contribution in [1.29, 1.82) is 0 Å². The molecule has 0 unspecified atom stereocenters. The normalized spacial score (nSPS) is 17.4. The highest BCUT2D eigenvalue weighted by Gasteiger charge is 2.42. The quantitative estimate of drug-likeness (QED) is 0.388. The van der Waals surface area contributed by atoms with E-state index in [1.807, 2.05) is 6.92 Å². The first-order valence-electron chi connectivity index (χ1n) is 10.3. The molecular formula is C21H32N4O3S. The molecule has 0 amide bonds. The molecule has 2 N–H and O–H groups in total. The predicted octanol–water partition coefficient (Wildman–Crippen LogP) is 2.18. The molecular weight excluding hydrogens is 388 g/mol. The van der Waals surface area contributed by atoms with Crippen LogP contribution in [0.2, 0.25) is 0 Å². The average molecular weight is 421 g/mol. The zero-order valence-corrected chi connectivity index (χ0v) is 18.2. The van der Waals surface area contributed by atoms with Crippen molar-refractivity contribution >= 4 is 26.7 Å². The van der Waals surface area contributed by atoms with Gasteiger partial charge in [-0.25, -0.2) is 8.42 Å². The van der Waals surface area contributed by atoms with Gasteiger partial charge in [0.2, 0.25) is 0 Å². The van der Waals surface area contributed by atoms with Crippen LogP contribution in [0.3, 0.4) is 0 Å². The summed E-state index contributed by atoms with van der Waals surface area (Å²) in [5.41, 5.74) is 1.24. The summed E-state index contributed by atoms with van der Waals surface area (Å²) in [6.07, 6.45) is 5.36. The van der Waals surface area contributed by atoms with E-state index in [9.17, 15) is 8.42 Å². The molecule has 0 spiro atoms. The number of para-hydroxylation sites is 1. The van der Waals surface area contributed by atoms with Crippen LogP contribution in [0.1, 0.15) is 26.2 Å². The van der Waals surface area contributed by atoms with Crippen LogP contribution in [0.15, 0.2) is 41.5 Å². The van der Waals surface area contributed by atoms with Gasteiger partial charge in [-0.15, -0.1) is 0 Å². The molecule has 2 heterocycles. The lowest BCUT2D eigenvalue weighted by Crippen LogP contribution is -2.47. The van der Waals surface area contributed by atoms with E-state index < -0.39 is 14.6 Å². The Hall–Kier alpha value is -2.06. The second kappa shape index (κ2) is 9.63. The first kappa shape index (κ1) is 21.6. The third-order valence-corrected chi connectivity index (χ3v) is 7.72. The number of fused-ring (bicyclic) bond motifs is 1. The molecule has 1 aromatic heterocycles. The first-order valence-corrected chi connectivity index (χ1v) is 12.2. The van der Waals surface area contributed by atoms with E-state index in [1.54, 1.807) is 0 Å². The number of rotatable bonds is 8. The Morgan fingerprint density at radius 2 is 1.97 bits per heavy atom. The molecule has 3 rings (SSSR count). The van der Waals surface area contributed by atoms with E-state index in [2.05, 4.69) is 56.7 Å². The highest BCUT2D eigenvalue weighted by Crippen LogP contribution is 2.29. The number of ether oxygens (including phenoxy) is 1. The second-order valence-electron chi connectivity index (χ2n) is 7.61. The van der Waals surface area contributed by atoms with Crippen molar-refractivity contribution in [1.82, 2.24) is 15.2 Å². The lowest BCUT2D eigenvalue weighted by atomic mass is 9.99. The molecule has 1 fully saturated rings. The van der Waals surface area contributed by atoms with Crippen molar-refractivity contribution in [3.63, 3.8) is 0 Å². The number of sulfone groups is 1. The molecule has 160 valence electrons. The Labute approximate surface area is 173 Å². The van der Waals surface area contributed by atoms with Crippen LogP contribution in [0.5, 0.6) is 0 Å². The summed E-state index contributed by atoms with van der Waals surface area (Å²) in [5.74, 6) is 0.666. The van der Waals surface area contributed by atoms with Gasteiger partial charge >= 0.3 is 0 Å². The molecule has 2 aromatic rings. The van der Waals surface area contributed by atoms with Crippen molar-refractivity contribution in [2.24, 2.45) is 4.99 Å². The van der Waals surface area contributed by atoms with Crippen molar-refractivity contribution < 1.29 is 13.2 Å². The van der Waals surface area contributed by atoms with Crippen molar-refractivity contribution in [3.8, 4) is 0 Å². The van der Waals surface area contributed by atoms with Crippen molar-refractivity contribution in [2.45, 2.75) is 37.5 Å². The van der Waals surface area contributed by atoms with E-state index in [0.717, 1.165) is 26.1 Å². The first-order chi connectivity index (χ1) is 14.0. The van der Waals surface area contributed by atoms with E-state index in [-0.39, 0.29) is 6.54 Å². The Kier molecular flexibility index (Phi) is 7.18. The molecule has 1 aliphatic heterocycles. The minimum atomic E-state index is -3.22. The highest BCUT2D eigenvalue weighted by atomic mass is 32.2. The van der Waals surface area contributed by atoms with Crippen LogP contribution in [-0.4, -0.2) is 62.8 Å². The van der Waals surface area contributed by atoms with Gasteiger partial charge in [-0.05, 0) is 43.7 Å². The van der Waals surface area contributed by atoms with Gasteiger partial charge in [0.05, 0.1) is 11.3 Å². The number of hydrogen-bond donors (Lipinski definition) is 2. The third-order valence-electron chi connectivity index (χ3n) is 5.61. The number of nitrogens with one attached hydrogen (secondary N) is 2. The van der Waals surface area contributed by atoms with Gasteiger partial charge in [0.1, 0.15) is 0 Å². The third kappa shape index (κ3) is 5.30. The van der Waals surface area contributed by atoms with Gasteiger partial charge in [0.15, 0.2) is 15.8 Å². The number of guanidine groups is 1. The molecule has 0 aliphatic carbocycles. The highest BCUT2D eigenvalue weighted by molar-refractivity contribution is 7.92. The minimum absolute atomic E-state index is 0.257. The number of aryl methyl sites for hydroxylation is 1. The standard InChI is InChI=1S/C21H32N4O3S/c1-3-22-20(24-17-21(29(2,26)27)10-15-28-16-11-21)23-12-6-13-25-14-9-18-7-4-5-8-19(18)25/h4-5,7-9,14H,3,6,10-13,15-17H2,1-2H3,(H2,22,23,24). The summed E-state index contributed by atoms with van der Waals surface area (Å²) in [5, 5.41) is 7.81. The molecule has 0 atom stereocenters. The zero-order valence-electron chi connectivity index (χ0n) is 17.4. The molecule has 1 aromatic carbocycles. The minimum Gasteiger partial charge on any atom is -0.381 e. The largest absolute Gasteiger partial charge is 0.381 e. The number of aliphatic imine (C=N–C) groups is 1. The fraction of sp³-hybridized carbons (Fsp3) is 0.571. The van der Waals surface area contributed by atoms with Crippen LogP contribution in [0.4, 0.5) is 0 Å². The summed E-state index contributed by atoms with van der Waals surface area (Å²) in [4.78, 5) is 4.61. The summed E-state index contributed by atoms with van der Waals surface area (Å²) in [7, 11) is -3.22. The van der Waals surface area contributed by atoms with Crippen LogP contribution in [0, 0.1) is 0 Å². The SMILES string of the molecule is CCNC(=NCC1(S(C)(=O)=O)CCOCC1)NCCCn1ccc2ccccc21. The maximum absolute atomic E-state index is 12.4. The maximum atomic E-state index is 12.4. The van der Waals surface area contributed by atoms with Gasteiger partial charge in [-0.3, -0.25) is 4.99 Å². The second-order valence-corrected chi connectivity index (χ2v) is 10.0. The van der Waals surface area contributed by atoms with Crippen molar-refractivity contribution in [2.75, 3.05) is 39.1 Å². The monoisotopic (exact) mass is 420 g/mol. The van der Waals surface area contributed by atoms with Crippen LogP contribution in [0.25, 0.3) is 10.9 Å². The van der Waals surface area contributed by atoms with Crippen LogP contribution < -0.4 is 10.6 Å². The number of hydrogen-bond acceptors (Lipinski definition) is 4. The summed E-state index contributed by atoms with van der Waals surface area (Å²) in [6, 6.07) is 10.5. The number of benzene rings is 1.